The average Bonchev–Trinajstić information content (AvgIpc) is 3.07. The molecular formula is C16H28N4O2S. The van der Waals surface area contributed by atoms with Crippen molar-refractivity contribution < 1.29 is 9.53 Å². The molecule has 7 heteroatoms. The summed E-state index contributed by atoms with van der Waals surface area (Å²) in [6, 6.07) is 2.53. The first kappa shape index (κ1) is 18.2. The van der Waals surface area contributed by atoms with E-state index >= 15 is 0 Å². The van der Waals surface area contributed by atoms with Crippen LogP contribution in [0, 0.1) is 0 Å². The second-order valence-corrected chi connectivity index (χ2v) is 6.90. The van der Waals surface area contributed by atoms with Crippen LogP contribution in [0.4, 0.5) is 4.79 Å². The lowest BCUT2D eigenvalue weighted by Crippen LogP contribution is -2.49. The molecule has 2 heterocycles. The normalized spacial score (nSPS) is 18.6. The summed E-state index contributed by atoms with van der Waals surface area (Å²) in [6.45, 7) is 6.82. The van der Waals surface area contributed by atoms with E-state index in [9.17, 15) is 4.79 Å². The van der Waals surface area contributed by atoms with Crippen LogP contribution in [0.3, 0.4) is 0 Å². The van der Waals surface area contributed by atoms with E-state index in [1.54, 1.807) is 11.3 Å². The Balaban J connectivity index is 1.71. The van der Waals surface area contributed by atoms with Gasteiger partial charge in [0.1, 0.15) is 0 Å². The van der Waals surface area contributed by atoms with Gasteiger partial charge in [0, 0.05) is 32.2 Å². The molecule has 0 spiro atoms. The zero-order valence-electron chi connectivity index (χ0n) is 14.2. The summed E-state index contributed by atoms with van der Waals surface area (Å²) < 4.78 is 5.35. The van der Waals surface area contributed by atoms with E-state index in [1.807, 2.05) is 14.1 Å². The molecule has 23 heavy (non-hydrogen) atoms. The van der Waals surface area contributed by atoms with Crippen molar-refractivity contribution in [3.8, 4) is 0 Å². The molecule has 2 N–H and O–H groups in total. The van der Waals surface area contributed by atoms with E-state index in [0.29, 0.717) is 19.1 Å². The highest BCUT2D eigenvalue weighted by molar-refractivity contribution is 7.07. The lowest BCUT2D eigenvalue weighted by Gasteiger charge is -2.32. The highest BCUT2D eigenvalue weighted by Gasteiger charge is 2.18. The number of nitrogens with zero attached hydrogens (tertiary/aromatic N) is 2. The summed E-state index contributed by atoms with van der Waals surface area (Å²) in [4.78, 5) is 16.5. The Labute approximate surface area is 142 Å². The van der Waals surface area contributed by atoms with Crippen molar-refractivity contribution in [3.05, 3.63) is 22.4 Å². The molecule has 1 aliphatic heterocycles. The van der Waals surface area contributed by atoms with Gasteiger partial charge in [0.2, 0.25) is 0 Å². The van der Waals surface area contributed by atoms with Crippen molar-refractivity contribution in [2.75, 3.05) is 53.5 Å². The first-order valence-electron chi connectivity index (χ1n) is 8.10. The maximum Gasteiger partial charge on any atom is 0.314 e. The number of thiophene rings is 1. The molecule has 0 radical (unpaired) electrons. The topological polar surface area (TPSA) is 56.8 Å². The highest BCUT2D eigenvalue weighted by Crippen LogP contribution is 2.19. The number of nitrogens with one attached hydrogen (secondary N) is 2. The molecule has 0 aliphatic carbocycles. The molecular weight excluding hydrogens is 312 g/mol. The minimum atomic E-state index is -0.104. The van der Waals surface area contributed by atoms with E-state index in [0.717, 1.165) is 26.3 Å². The van der Waals surface area contributed by atoms with Gasteiger partial charge < -0.3 is 20.3 Å². The van der Waals surface area contributed by atoms with Gasteiger partial charge in [-0.1, -0.05) is 0 Å². The summed E-state index contributed by atoms with van der Waals surface area (Å²) in [5, 5.41) is 10.1. The van der Waals surface area contributed by atoms with Crippen molar-refractivity contribution in [2.24, 2.45) is 0 Å². The summed E-state index contributed by atoms with van der Waals surface area (Å²) >= 11 is 1.68. The van der Waals surface area contributed by atoms with Gasteiger partial charge in [-0.2, -0.15) is 11.3 Å². The quantitative estimate of drug-likeness (QED) is 0.787. The third kappa shape index (κ3) is 5.76. The van der Waals surface area contributed by atoms with Crippen molar-refractivity contribution in [2.45, 2.75) is 19.0 Å². The van der Waals surface area contributed by atoms with Crippen molar-refractivity contribution in [1.29, 1.82) is 0 Å². The second kappa shape index (κ2) is 9.22. The van der Waals surface area contributed by atoms with Gasteiger partial charge in [0.05, 0.1) is 19.3 Å². The van der Waals surface area contributed by atoms with E-state index in [1.165, 1.54) is 5.56 Å². The van der Waals surface area contributed by atoms with Crippen LogP contribution < -0.4 is 10.6 Å². The van der Waals surface area contributed by atoms with Gasteiger partial charge in [-0.25, -0.2) is 4.79 Å². The predicted octanol–water partition coefficient (Wildman–Crippen LogP) is 1.37. The first-order chi connectivity index (χ1) is 11.1. The Morgan fingerprint density at radius 2 is 2.04 bits per heavy atom. The number of carbonyl (C=O) groups excluding carboxylic acids is 1. The van der Waals surface area contributed by atoms with Crippen LogP contribution in [0.1, 0.15) is 18.5 Å². The van der Waals surface area contributed by atoms with Gasteiger partial charge in [-0.3, -0.25) is 4.90 Å². The van der Waals surface area contributed by atoms with E-state index < -0.39 is 0 Å². The fourth-order valence-electron chi connectivity index (χ4n) is 2.70. The van der Waals surface area contributed by atoms with Crippen LogP contribution in [0.5, 0.6) is 0 Å². The second-order valence-electron chi connectivity index (χ2n) is 6.12. The lowest BCUT2D eigenvalue weighted by atomic mass is 10.1. The van der Waals surface area contributed by atoms with Gasteiger partial charge in [0.25, 0.3) is 0 Å². The Morgan fingerprint density at radius 3 is 2.65 bits per heavy atom. The molecule has 1 saturated heterocycles. The minimum absolute atomic E-state index is 0.104. The van der Waals surface area contributed by atoms with Gasteiger partial charge in [0.15, 0.2) is 0 Å². The smallest absolute Gasteiger partial charge is 0.314 e. The molecule has 1 fully saturated rings. The zero-order chi connectivity index (χ0) is 16.7. The summed E-state index contributed by atoms with van der Waals surface area (Å²) in [5.41, 5.74) is 1.24. The zero-order valence-corrected chi connectivity index (χ0v) is 15.1. The third-order valence-corrected chi connectivity index (χ3v) is 4.94. The number of amides is 2. The lowest BCUT2D eigenvalue weighted by molar-refractivity contribution is 0.0209. The standard InChI is InChI=1S/C16H28N4O2S/c1-13(20-5-7-22-8-6-20)10-17-16(21)18-11-15(19(2)3)14-4-9-23-12-14/h4,9,12-13,15H,5-8,10-11H2,1-3H3,(H2,17,18,21)/t13-,15+/m1/s1. The highest BCUT2D eigenvalue weighted by atomic mass is 32.1. The van der Waals surface area contributed by atoms with Crippen molar-refractivity contribution >= 4 is 17.4 Å². The van der Waals surface area contributed by atoms with Crippen LogP contribution in [0.15, 0.2) is 16.8 Å². The molecule has 1 aromatic rings. The predicted molar refractivity (Wildman–Crippen MR) is 94.0 cm³/mol. The number of ether oxygens (including phenoxy) is 1. The Morgan fingerprint density at radius 1 is 1.35 bits per heavy atom. The van der Waals surface area contributed by atoms with E-state index in [-0.39, 0.29) is 12.1 Å². The maximum absolute atomic E-state index is 12.0. The molecule has 2 amide bonds. The van der Waals surface area contributed by atoms with Crippen LogP contribution in [-0.4, -0.2) is 75.4 Å². The molecule has 2 atom stereocenters. The summed E-state index contributed by atoms with van der Waals surface area (Å²) in [7, 11) is 4.06. The maximum atomic E-state index is 12.0. The minimum Gasteiger partial charge on any atom is -0.379 e. The third-order valence-electron chi connectivity index (χ3n) is 4.23. The number of carbonyl (C=O) groups is 1. The molecule has 0 aromatic carbocycles. The van der Waals surface area contributed by atoms with E-state index in [4.69, 9.17) is 4.74 Å². The molecule has 2 rings (SSSR count). The molecule has 0 saturated carbocycles. The number of urea groups is 1. The SMILES string of the molecule is C[C@H](CNC(=O)NC[C@@H](c1ccsc1)N(C)C)N1CCOCC1. The fourth-order valence-corrected chi connectivity index (χ4v) is 3.41. The van der Waals surface area contributed by atoms with Crippen LogP contribution in [-0.2, 0) is 4.74 Å². The Kier molecular flexibility index (Phi) is 7.29. The summed E-state index contributed by atoms with van der Waals surface area (Å²) in [6.07, 6.45) is 0. The average molecular weight is 340 g/mol. The van der Waals surface area contributed by atoms with Gasteiger partial charge in [-0.05, 0) is 43.4 Å². The Hall–Kier alpha value is -1.15. The van der Waals surface area contributed by atoms with Gasteiger partial charge >= 0.3 is 6.03 Å². The molecule has 130 valence electrons. The van der Waals surface area contributed by atoms with Crippen molar-refractivity contribution in [3.63, 3.8) is 0 Å². The largest absolute Gasteiger partial charge is 0.379 e. The molecule has 0 unspecified atom stereocenters. The van der Waals surface area contributed by atoms with Crippen LogP contribution in [0.2, 0.25) is 0 Å². The Bertz CT molecular complexity index is 461. The number of rotatable bonds is 7. The number of morpholine rings is 1. The molecule has 1 aromatic heterocycles. The fraction of sp³-hybridized carbons (Fsp3) is 0.688. The number of likely N-dealkylation sites (N-methyl/N-ethyl adjacent to an activating group) is 1. The number of hydrogen-bond donors (Lipinski definition) is 2. The van der Waals surface area contributed by atoms with E-state index in [2.05, 4.69) is 44.2 Å². The number of hydrogen-bond acceptors (Lipinski definition) is 5. The monoisotopic (exact) mass is 340 g/mol. The van der Waals surface area contributed by atoms with Crippen LogP contribution in [0.25, 0.3) is 0 Å². The molecule has 6 nitrogen and oxygen atoms in total. The molecule has 1 aliphatic rings. The molecule has 0 bridgehead atoms. The van der Waals surface area contributed by atoms with Crippen molar-refractivity contribution in [1.82, 2.24) is 20.4 Å². The summed E-state index contributed by atoms with van der Waals surface area (Å²) in [5.74, 6) is 0. The van der Waals surface area contributed by atoms with Gasteiger partial charge in [-0.15, -0.1) is 0 Å². The first-order valence-corrected chi connectivity index (χ1v) is 9.04. The van der Waals surface area contributed by atoms with Crippen LogP contribution >= 0.6 is 11.3 Å².